The molecule has 2 heteroatoms. The molecule has 2 unspecified atom stereocenters. The topological polar surface area (TPSA) is 12.0 Å². The van der Waals surface area contributed by atoms with E-state index in [1.165, 1.54) is 30.5 Å². The van der Waals surface area contributed by atoms with Gasteiger partial charge in [0.2, 0.25) is 0 Å². The number of anilines is 1. The molecule has 2 atom stereocenters. The van der Waals surface area contributed by atoms with E-state index < -0.39 is 0 Å². The second kappa shape index (κ2) is 5.62. The number of thioether (sulfide) groups is 1. The van der Waals surface area contributed by atoms with Crippen LogP contribution in [-0.2, 0) is 5.75 Å². The van der Waals surface area contributed by atoms with E-state index in [4.69, 9.17) is 0 Å². The average molecular weight is 235 g/mol. The Bertz CT molecular complexity index is 320. The lowest BCUT2D eigenvalue weighted by atomic mass is 10.1. The van der Waals surface area contributed by atoms with Crippen LogP contribution < -0.4 is 5.32 Å². The van der Waals surface area contributed by atoms with Gasteiger partial charge in [-0.25, -0.2) is 0 Å². The quantitative estimate of drug-likeness (QED) is 0.841. The Morgan fingerprint density at radius 1 is 1.25 bits per heavy atom. The van der Waals surface area contributed by atoms with Crippen LogP contribution in [-0.4, -0.2) is 12.3 Å². The fourth-order valence-electron chi connectivity index (χ4n) is 2.44. The summed E-state index contributed by atoms with van der Waals surface area (Å²) in [6.07, 6.45) is 6.23. The second-order valence-corrected chi connectivity index (χ2v) is 5.65. The van der Waals surface area contributed by atoms with E-state index in [9.17, 15) is 0 Å². The van der Waals surface area contributed by atoms with Gasteiger partial charge in [-0.3, -0.25) is 0 Å². The van der Waals surface area contributed by atoms with Crippen LogP contribution in [0.1, 0.15) is 31.7 Å². The van der Waals surface area contributed by atoms with Crippen LogP contribution in [0.5, 0.6) is 0 Å². The fraction of sp³-hybridized carbons (Fsp3) is 0.571. The van der Waals surface area contributed by atoms with E-state index in [2.05, 4.69) is 42.8 Å². The summed E-state index contributed by atoms with van der Waals surface area (Å²) in [5, 5.41) is 3.65. The third kappa shape index (κ3) is 2.94. The fourth-order valence-corrected chi connectivity index (χ4v) is 2.96. The standard InChI is InChI=1S/C14H21NS/c1-11-4-3-5-14(11)15-13-8-6-12(7-9-13)10-16-2/h6-9,11,14-15H,3-5,10H2,1-2H3. The molecule has 1 aromatic rings. The van der Waals surface area contributed by atoms with Gasteiger partial charge < -0.3 is 5.32 Å². The van der Waals surface area contributed by atoms with Gasteiger partial charge in [0.25, 0.3) is 0 Å². The molecule has 1 N–H and O–H groups in total. The van der Waals surface area contributed by atoms with Crippen LogP contribution in [0.2, 0.25) is 0 Å². The third-order valence-electron chi connectivity index (χ3n) is 3.48. The Kier molecular flexibility index (Phi) is 4.16. The van der Waals surface area contributed by atoms with Gasteiger partial charge in [0.05, 0.1) is 0 Å². The maximum atomic E-state index is 3.65. The lowest BCUT2D eigenvalue weighted by Gasteiger charge is -2.18. The van der Waals surface area contributed by atoms with Crippen molar-refractivity contribution in [2.45, 2.75) is 38.0 Å². The van der Waals surface area contributed by atoms with Crippen LogP contribution >= 0.6 is 11.8 Å². The summed E-state index contributed by atoms with van der Waals surface area (Å²) in [5.74, 6) is 1.94. The Morgan fingerprint density at radius 2 is 2.00 bits per heavy atom. The number of rotatable bonds is 4. The van der Waals surface area contributed by atoms with Gasteiger partial charge >= 0.3 is 0 Å². The molecule has 0 saturated heterocycles. The van der Waals surface area contributed by atoms with Crippen molar-refractivity contribution in [3.63, 3.8) is 0 Å². The van der Waals surface area contributed by atoms with Gasteiger partial charge in [-0.05, 0) is 42.7 Å². The van der Waals surface area contributed by atoms with Gasteiger partial charge in [0.1, 0.15) is 0 Å². The van der Waals surface area contributed by atoms with E-state index >= 15 is 0 Å². The van der Waals surface area contributed by atoms with E-state index in [1.807, 2.05) is 11.8 Å². The van der Waals surface area contributed by atoms with Gasteiger partial charge in [-0.2, -0.15) is 11.8 Å². The predicted octanol–water partition coefficient (Wildman–Crippen LogP) is 4.15. The minimum atomic E-state index is 0.686. The highest BCUT2D eigenvalue weighted by Crippen LogP contribution is 2.28. The molecule has 16 heavy (non-hydrogen) atoms. The summed E-state index contributed by atoms with van der Waals surface area (Å²) < 4.78 is 0. The van der Waals surface area contributed by atoms with Gasteiger partial charge in [-0.15, -0.1) is 0 Å². The first-order chi connectivity index (χ1) is 7.79. The van der Waals surface area contributed by atoms with Crippen molar-refractivity contribution in [3.05, 3.63) is 29.8 Å². The first-order valence-electron chi connectivity index (χ1n) is 6.14. The molecule has 88 valence electrons. The van der Waals surface area contributed by atoms with Crippen molar-refractivity contribution in [1.29, 1.82) is 0 Å². The predicted molar refractivity (Wildman–Crippen MR) is 74.1 cm³/mol. The molecule has 1 fully saturated rings. The molecule has 0 radical (unpaired) electrons. The normalized spacial score (nSPS) is 24.6. The SMILES string of the molecule is CSCc1ccc(NC2CCCC2C)cc1. The monoisotopic (exact) mass is 235 g/mol. The number of nitrogens with one attached hydrogen (secondary N) is 1. The summed E-state index contributed by atoms with van der Waals surface area (Å²) in [4.78, 5) is 0. The highest BCUT2D eigenvalue weighted by molar-refractivity contribution is 7.97. The lowest BCUT2D eigenvalue weighted by Crippen LogP contribution is -2.21. The van der Waals surface area contributed by atoms with Crippen LogP contribution in [0.25, 0.3) is 0 Å². The Labute approximate surface area is 103 Å². The highest BCUT2D eigenvalue weighted by atomic mass is 32.2. The number of hydrogen-bond acceptors (Lipinski definition) is 2. The highest BCUT2D eigenvalue weighted by Gasteiger charge is 2.22. The lowest BCUT2D eigenvalue weighted by molar-refractivity contribution is 0.556. The zero-order valence-corrected chi connectivity index (χ0v) is 11.0. The molecule has 1 aliphatic rings. The smallest absolute Gasteiger partial charge is 0.0342 e. The summed E-state index contributed by atoms with van der Waals surface area (Å²) in [6.45, 7) is 2.35. The molecule has 0 aliphatic heterocycles. The molecule has 1 nitrogen and oxygen atoms in total. The first-order valence-corrected chi connectivity index (χ1v) is 7.53. The third-order valence-corrected chi connectivity index (χ3v) is 4.10. The number of benzene rings is 1. The minimum Gasteiger partial charge on any atom is -0.382 e. The molecule has 0 bridgehead atoms. The van der Waals surface area contributed by atoms with Gasteiger partial charge in [0.15, 0.2) is 0 Å². The largest absolute Gasteiger partial charge is 0.382 e. The van der Waals surface area contributed by atoms with Crippen LogP contribution in [0.3, 0.4) is 0 Å². The summed E-state index contributed by atoms with van der Waals surface area (Å²) in [7, 11) is 0. The van der Waals surface area contributed by atoms with Crippen molar-refractivity contribution in [3.8, 4) is 0 Å². The van der Waals surface area contributed by atoms with Crippen molar-refractivity contribution in [1.82, 2.24) is 0 Å². The van der Waals surface area contributed by atoms with Gasteiger partial charge in [-0.1, -0.05) is 25.5 Å². The van der Waals surface area contributed by atoms with E-state index in [-0.39, 0.29) is 0 Å². The first kappa shape index (κ1) is 11.8. The molecule has 1 saturated carbocycles. The van der Waals surface area contributed by atoms with E-state index in [0.29, 0.717) is 6.04 Å². The van der Waals surface area contributed by atoms with E-state index in [1.54, 1.807) is 0 Å². The molecule has 2 rings (SSSR count). The maximum Gasteiger partial charge on any atom is 0.0342 e. The number of hydrogen-bond donors (Lipinski definition) is 1. The summed E-state index contributed by atoms with van der Waals surface area (Å²) in [6, 6.07) is 9.59. The van der Waals surface area contributed by atoms with E-state index in [0.717, 1.165) is 11.7 Å². The Balaban J connectivity index is 1.94. The van der Waals surface area contributed by atoms with Crippen LogP contribution in [0, 0.1) is 5.92 Å². The maximum absolute atomic E-state index is 3.65. The van der Waals surface area contributed by atoms with Crippen molar-refractivity contribution < 1.29 is 0 Å². The molecule has 0 aromatic heterocycles. The van der Waals surface area contributed by atoms with Crippen molar-refractivity contribution >= 4 is 17.4 Å². The van der Waals surface area contributed by atoms with Crippen molar-refractivity contribution in [2.75, 3.05) is 11.6 Å². The molecular formula is C14H21NS. The van der Waals surface area contributed by atoms with Crippen molar-refractivity contribution in [2.24, 2.45) is 5.92 Å². The van der Waals surface area contributed by atoms with Crippen LogP contribution in [0.15, 0.2) is 24.3 Å². The van der Waals surface area contributed by atoms with Crippen LogP contribution in [0.4, 0.5) is 5.69 Å². The summed E-state index contributed by atoms with van der Waals surface area (Å²) in [5.41, 5.74) is 2.70. The molecule has 0 amide bonds. The van der Waals surface area contributed by atoms with Gasteiger partial charge in [0, 0.05) is 17.5 Å². The molecule has 0 spiro atoms. The molecule has 1 aromatic carbocycles. The Morgan fingerprint density at radius 3 is 2.56 bits per heavy atom. The minimum absolute atomic E-state index is 0.686. The zero-order chi connectivity index (χ0) is 11.4. The molecular weight excluding hydrogens is 214 g/mol. The second-order valence-electron chi connectivity index (χ2n) is 4.79. The Hall–Kier alpha value is -0.630. The average Bonchev–Trinajstić information content (AvgIpc) is 2.68. The molecule has 0 heterocycles. The zero-order valence-electron chi connectivity index (χ0n) is 10.2. The summed E-state index contributed by atoms with van der Waals surface area (Å²) >= 11 is 1.87. The molecule has 1 aliphatic carbocycles.